The molecule has 14 heavy (non-hydrogen) atoms. The van der Waals surface area contributed by atoms with E-state index in [1.807, 2.05) is 11.6 Å². The van der Waals surface area contributed by atoms with E-state index < -0.39 is 0 Å². The van der Waals surface area contributed by atoms with Crippen molar-refractivity contribution in [3.8, 4) is 0 Å². The van der Waals surface area contributed by atoms with E-state index in [1.165, 1.54) is 18.1 Å². The lowest BCUT2D eigenvalue weighted by Crippen LogP contribution is -2.47. The van der Waals surface area contributed by atoms with Crippen molar-refractivity contribution in [1.82, 2.24) is 15.6 Å². The van der Waals surface area contributed by atoms with Gasteiger partial charge in [0.25, 0.3) is 0 Å². The van der Waals surface area contributed by atoms with Crippen LogP contribution in [0.2, 0.25) is 0 Å². The molecule has 0 spiro atoms. The van der Waals surface area contributed by atoms with Gasteiger partial charge in [-0.15, -0.1) is 11.3 Å². The Balaban J connectivity index is 1.62. The van der Waals surface area contributed by atoms with Crippen molar-refractivity contribution in [3.05, 3.63) is 16.6 Å². The van der Waals surface area contributed by atoms with Crippen molar-refractivity contribution in [2.75, 3.05) is 19.6 Å². The quantitative estimate of drug-likeness (QED) is 0.765. The topological polar surface area (TPSA) is 37.0 Å². The first-order valence-corrected chi connectivity index (χ1v) is 6.04. The summed E-state index contributed by atoms with van der Waals surface area (Å²) in [5, 5.41) is 9.97. The molecule has 1 atom stereocenters. The zero-order valence-corrected chi connectivity index (χ0v) is 9.31. The molecule has 0 radical (unpaired) electrons. The van der Waals surface area contributed by atoms with E-state index >= 15 is 0 Å². The van der Waals surface area contributed by atoms with Gasteiger partial charge in [-0.3, -0.25) is 0 Å². The third kappa shape index (κ3) is 2.53. The molecule has 4 heteroatoms. The van der Waals surface area contributed by atoms with E-state index in [1.54, 1.807) is 11.3 Å². The van der Waals surface area contributed by atoms with Gasteiger partial charge in [0.1, 0.15) is 5.01 Å². The molecule has 0 bridgehead atoms. The van der Waals surface area contributed by atoms with Crippen LogP contribution in [-0.2, 0) is 6.54 Å². The van der Waals surface area contributed by atoms with Gasteiger partial charge in [-0.2, -0.15) is 0 Å². The van der Waals surface area contributed by atoms with Crippen LogP contribution in [0.25, 0.3) is 0 Å². The Hall–Kier alpha value is -0.450. The Morgan fingerprint density at radius 2 is 2.57 bits per heavy atom. The van der Waals surface area contributed by atoms with Gasteiger partial charge in [0.2, 0.25) is 0 Å². The SMILES string of the molecule is CC(CNCc1nccs1)C1CNC1. The zero-order chi connectivity index (χ0) is 9.80. The van der Waals surface area contributed by atoms with Gasteiger partial charge in [-0.1, -0.05) is 6.92 Å². The lowest BCUT2D eigenvalue weighted by molar-refractivity contribution is 0.242. The standard InChI is InChI=1S/C10H17N3S/c1-8(9-5-12-6-9)4-11-7-10-13-2-3-14-10/h2-3,8-9,11-12H,4-7H2,1H3. The fraction of sp³-hybridized carbons (Fsp3) is 0.700. The number of aromatic nitrogens is 1. The second-order valence-corrected chi connectivity index (χ2v) is 4.93. The molecular formula is C10H17N3S. The van der Waals surface area contributed by atoms with E-state index in [0.717, 1.165) is 24.9 Å². The summed E-state index contributed by atoms with van der Waals surface area (Å²) in [6, 6.07) is 0. The van der Waals surface area contributed by atoms with Crippen molar-refractivity contribution < 1.29 is 0 Å². The van der Waals surface area contributed by atoms with Crippen LogP contribution < -0.4 is 10.6 Å². The van der Waals surface area contributed by atoms with Gasteiger partial charge < -0.3 is 10.6 Å². The molecule has 2 rings (SSSR count). The summed E-state index contributed by atoms with van der Waals surface area (Å²) in [5.74, 6) is 1.65. The van der Waals surface area contributed by atoms with Crippen LogP contribution in [0.1, 0.15) is 11.9 Å². The number of hydrogen-bond donors (Lipinski definition) is 2. The minimum Gasteiger partial charge on any atom is -0.316 e. The van der Waals surface area contributed by atoms with Crippen LogP contribution in [-0.4, -0.2) is 24.6 Å². The van der Waals surface area contributed by atoms with Crippen LogP contribution in [0.3, 0.4) is 0 Å². The minimum atomic E-state index is 0.774. The average molecular weight is 211 g/mol. The van der Waals surface area contributed by atoms with E-state index in [-0.39, 0.29) is 0 Å². The summed E-state index contributed by atoms with van der Waals surface area (Å²) < 4.78 is 0. The van der Waals surface area contributed by atoms with Crippen molar-refractivity contribution in [2.24, 2.45) is 11.8 Å². The molecular weight excluding hydrogens is 194 g/mol. The zero-order valence-electron chi connectivity index (χ0n) is 8.49. The maximum atomic E-state index is 4.24. The fourth-order valence-electron chi connectivity index (χ4n) is 1.63. The van der Waals surface area contributed by atoms with E-state index in [9.17, 15) is 0 Å². The molecule has 78 valence electrons. The number of thiazole rings is 1. The Labute approximate surface area is 88.9 Å². The van der Waals surface area contributed by atoms with Gasteiger partial charge in [0.15, 0.2) is 0 Å². The van der Waals surface area contributed by atoms with Crippen molar-refractivity contribution in [1.29, 1.82) is 0 Å². The predicted octanol–water partition coefficient (Wildman–Crippen LogP) is 1.09. The number of nitrogens with zero attached hydrogens (tertiary/aromatic N) is 1. The lowest BCUT2D eigenvalue weighted by atomic mass is 9.89. The van der Waals surface area contributed by atoms with E-state index in [2.05, 4.69) is 22.5 Å². The summed E-state index contributed by atoms with van der Waals surface area (Å²) in [7, 11) is 0. The highest BCUT2D eigenvalue weighted by Gasteiger charge is 2.22. The Morgan fingerprint density at radius 1 is 1.71 bits per heavy atom. The van der Waals surface area contributed by atoms with Crippen LogP contribution in [0.4, 0.5) is 0 Å². The molecule has 1 fully saturated rings. The van der Waals surface area contributed by atoms with Crippen LogP contribution in [0.5, 0.6) is 0 Å². The average Bonchev–Trinajstić information content (AvgIpc) is 2.53. The van der Waals surface area contributed by atoms with E-state index in [4.69, 9.17) is 0 Å². The first-order chi connectivity index (χ1) is 6.86. The molecule has 1 aromatic rings. The van der Waals surface area contributed by atoms with Crippen molar-refractivity contribution in [2.45, 2.75) is 13.5 Å². The smallest absolute Gasteiger partial charge is 0.106 e. The summed E-state index contributed by atoms with van der Waals surface area (Å²) in [6.07, 6.45) is 1.86. The van der Waals surface area contributed by atoms with Gasteiger partial charge in [-0.05, 0) is 31.5 Å². The number of nitrogens with one attached hydrogen (secondary N) is 2. The molecule has 2 N–H and O–H groups in total. The molecule has 2 heterocycles. The highest BCUT2D eigenvalue weighted by Crippen LogP contribution is 2.14. The lowest BCUT2D eigenvalue weighted by Gasteiger charge is -2.32. The van der Waals surface area contributed by atoms with Crippen molar-refractivity contribution in [3.63, 3.8) is 0 Å². The normalized spacial score (nSPS) is 19.2. The number of rotatable bonds is 5. The van der Waals surface area contributed by atoms with Gasteiger partial charge in [-0.25, -0.2) is 4.98 Å². The Bertz CT molecular complexity index is 256. The van der Waals surface area contributed by atoms with Crippen LogP contribution in [0, 0.1) is 11.8 Å². The second kappa shape index (κ2) is 4.87. The molecule has 1 saturated heterocycles. The Kier molecular flexibility index (Phi) is 3.50. The second-order valence-electron chi connectivity index (χ2n) is 3.95. The summed E-state index contributed by atoms with van der Waals surface area (Å²) in [6.45, 7) is 6.73. The fourth-order valence-corrected chi connectivity index (χ4v) is 2.21. The largest absolute Gasteiger partial charge is 0.316 e. The predicted molar refractivity (Wildman–Crippen MR) is 59.3 cm³/mol. The third-order valence-electron chi connectivity index (χ3n) is 2.84. The summed E-state index contributed by atoms with van der Waals surface area (Å²) in [5.41, 5.74) is 0. The number of hydrogen-bond acceptors (Lipinski definition) is 4. The molecule has 0 aliphatic carbocycles. The van der Waals surface area contributed by atoms with Gasteiger partial charge in [0, 0.05) is 18.1 Å². The monoisotopic (exact) mass is 211 g/mol. The molecule has 1 aliphatic rings. The minimum absolute atomic E-state index is 0.774. The first kappa shape index (κ1) is 10.1. The summed E-state index contributed by atoms with van der Waals surface area (Å²) in [4.78, 5) is 4.24. The third-order valence-corrected chi connectivity index (χ3v) is 3.62. The summed E-state index contributed by atoms with van der Waals surface area (Å²) >= 11 is 1.72. The van der Waals surface area contributed by atoms with Gasteiger partial charge >= 0.3 is 0 Å². The molecule has 0 amide bonds. The molecule has 0 aromatic carbocycles. The first-order valence-electron chi connectivity index (χ1n) is 5.16. The van der Waals surface area contributed by atoms with Crippen molar-refractivity contribution >= 4 is 11.3 Å². The Morgan fingerprint density at radius 3 is 3.14 bits per heavy atom. The highest BCUT2D eigenvalue weighted by atomic mass is 32.1. The molecule has 1 aromatic heterocycles. The maximum Gasteiger partial charge on any atom is 0.106 e. The van der Waals surface area contributed by atoms with E-state index in [0.29, 0.717) is 0 Å². The molecule has 1 aliphatic heterocycles. The molecule has 1 unspecified atom stereocenters. The molecule has 3 nitrogen and oxygen atoms in total. The van der Waals surface area contributed by atoms with Crippen LogP contribution in [0.15, 0.2) is 11.6 Å². The highest BCUT2D eigenvalue weighted by molar-refractivity contribution is 7.09. The van der Waals surface area contributed by atoms with Gasteiger partial charge in [0.05, 0.1) is 0 Å². The maximum absolute atomic E-state index is 4.24. The van der Waals surface area contributed by atoms with Crippen LogP contribution >= 0.6 is 11.3 Å². The molecule has 0 saturated carbocycles.